The maximum absolute atomic E-state index is 12.9. The molecule has 0 N–H and O–H groups in total. The fourth-order valence-corrected chi connectivity index (χ4v) is 3.49. The third-order valence-electron chi connectivity index (χ3n) is 4.82. The number of carbonyl (C=O) groups is 1. The zero-order chi connectivity index (χ0) is 18.6. The van der Waals surface area contributed by atoms with E-state index in [9.17, 15) is 9.59 Å². The van der Waals surface area contributed by atoms with Crippen molar-refractivity contribution in [3.8, 4) is 11.3 Å². The highest BCUT2D eigenvalue weighted by Gasteiger charge is 2.31. The Morgan fingerprint density at radius 3 is 2.63 bits per heavy atom. The van der Waals surface area contributed by atoms with Crippen molar-refractivity contribution in [2.45, 2.75) is 25.4 Å². The van der Waals surface area contributed by atoms with Crippen LogP contribution < -0.4 is 5.56 Å². The third kappa shape index (κ3) is 3.65. The SMILES string of the molecule is O=C(Cn1nc(-c2ccccc2)ccc1=O)N1CCCC1c1ccccn1. The normalized spacial score (nSPS) is 16.4. The predicted octanol–water partition coefficient (Wildman–Crippen LogP) is 2.67. The highest BCUT2D eigenvalue weighted by molar-refractivity contribution is 5.76. The van der Waals surface area contributed by atoms with E-state index in [1.165, 1.54) is 10.7 Å². The van der Waals surface area contributed by atoms with Crippen LogP contribution in [0.15, 0.2) is 71.7 Å². The summed E-state index contributed by atoms with van der Waals surface area (Å²) in [5, 5.41) is 4.39. The highest BCUT2D eigenvalue weighted by Crippen LogP contribution is 2.30. The summed E-state index contributed by atoms with van der Waals surface area (Å²) >= 11 is 0. The molecule has 4 rings (SSSR count). The van der Waals surface area contributed by atoms with E-state index < -0.39 is 0 Å². The van der Waals surface area contributed by atoms with Crippen molar-refractivity contribution in [3.05, 3.63) is 82.9 Å². The molecule has 3 heterocycles. The van der Waals surface area contributed by atoms with Crippen molar-refractivity contribution in [2.75, 3.05) is 6.54 Å². The number of likely N-dealkylation sites (tertiary alicyclic amines) is 1. The van der Waals surface area contributed by atoms with Crippen LogP contribution in [0.4, 0.5) is 0 Å². The minimum atomic E-state index is -0.281. The van der Waals surface area contributed by atoms with Gasteiger partial charge >= 0.3 is 0 Å². The van der Waals surface area contributed by atoms with Gasteiger partial charge in [-0.05, 0) is 31.0 Å². The molecule has 3 aromatic rings. The molecule has 6 nitrogen and oxygen atoms in total. The molecule has 1 aromatic carbocycles. The van der Waals surface area contributed by atoms with Crippen LogP contribution in [-0.2, 0) is 11.3 Å². The molecule has 6 heteroatoms. The first-order valence-electron chi connectivity index (χ1n) is 9.06. The van der Waals surface area contributed by atoms with E-state index in [4.69, 9.17) is 0 Å². The fourth-order valence-electron chi connectivity index (χ4n) is 3.49. The molecule has 1 fully saturated rings. The van der Waals surface area contributed by atoms with Gasteiger partial charge in [0.2, 0.25) is 5.91 Å². The Morgan fingerprint density at radius 2 is 1.85 bits per heavy atom. The van der Waals surface area contributed by atoms with Crippen molar-refractivity contribution >= 4 is 5.91 Å². The van der Waals surface area contributed by atoms with Gasteiger partial charge < -0.3 is 4.90 Å². The Balaban J connectivity index is 1.57. The Bertz CT molecular complexity index is 986. The van der Waals surface area contributed by atoms with E-state index in [2.05, 4.69) is 10.1 Å². The summed E-state index contributed by atoms with van der Waals surface area (Å²) in [4.78, 5) is 31.3. The highest BCUT2D eigenvalue weighted by atomic mass is 16.2. The molecular formula is C21H20N4O2. The molecule has 0 bridgehead atoms. The van der Waals surface area contributed by atoms with Crippen LogP contribution in [0.25, 0.3) is 11.3 Å². The lowest BCUT2D eigenvalue weighted by Gasteiger charge is -2.24. The van der Waals surface area contributed by atoms with E-state index in [1.54, 1.807) is 12.3 Å². The summed E-state index contributed by atoms with van der Waals surface area (Å²) in [5.41, 5.74) is 2.19. The average Bonchev–Trinajstić information content (AvgIpc) is 3.21. The van der Waals surface area contributed by atoms with Gasteiger partial charge in [-0.3, -0.25) is 14.6 Å². The van der Waals surface area contributed by atoms with E-state index >= 15 is 0 Å². The second-order valence-electron chi connectivity index (χ2n) is 6.58. The molecule has 1 aliphatic heterocycles. The first-order chi connectivity index (χ1) is 13.2. The summed E-state index contributed by atoms with van der Waals surface area (Å²) < 4.78 is 1.25. The lowest BCUT2D eigenvalue weighted by Crippen LogP contribution is -2.37. The van der Waals surface area contributed by atoms with Crippen LogP contribution in [0.3, 0.4) is 0 Å². The van der Waals surface area contributed by atoms with Gasteiger partial charge in [0, 0.05) is 24.4 Å². The average molecular weight is 360 g/mol. The van der Waals surface area contributed by atoms with Crippen molar-refractivity contribution in [3.63, 3.8) is 0 Å². The molecule has 0 aliphatic carbocycles. The molecule has 1 amide bonds. The van der Waals surface area contributed by atoms with Crippen molar-refractivity contribution in [1.82, 2.24) is 19.7 Å². The number of rotatable bonds is 4. The smallest absolute Gasteiger partial charge is 0.267 e. The summed E-state index contributed by atoms with van der Waals surface area (Å²) in [7, 11) is 0. The number of pyridine rings is 1. The van der Waals surface area contributed by atoms with E-state index in [0.29, 0.717) is 12.2 Å². The summed E-state index contributed by atoms with van der Waals surface area (Å²) in [6.07, 6.45) is 3.56. The van der Waals surface area contributed by atoms with Gasteiger partial charge in [-0.25, -0.2) is 4.68 Å². The monoisotopic (exact) mass is 360 g/mol. The Hall–Kier alpha value is -3.28. The largest absolute Gasteiger partial charge is 0.332 e. The summed E-state index contributed by atoms with van der Waals surface area (Å²) in [6, 6.07) is 18.5. The molecule has 27 heavy (non-hydrogen) atoms. The Morgan fingerprint density at radius 1 is 1.04 bits per heavy atom. The van der Waals surface area contributed by atoms with E-state index in [-0.39, 0.29) is 24.1 Å². The van der Waals surface area contributed by atoms with Gasteiger partial charge in [0.1, 0.15) is 6.54 Å². The van der Waals surface area contributed by atoms with Gasteiger partial charge in [-0.15, -0.1) is 0 Å². The number of hydrogen-bond acceptors (Lipinski definition) is 4. The first-order valence-corrected chi connectivity index (χ1v) is 9.06. The molecule has 2 aromatic heterocycles. The summed E-state index contributed by atoms with van der Waals surface area (Å²) in [6.45, 7) is 0.607. The number of benzene rings is 1. The van der Waals surface area contributed by atoms with Gasteiger partial charge in [-0.1, -0.05) is 36.4 Å². The van der Waals surface area contributed by atoms with Crippen molar-refractivity contribution in [1.29, 1.82) is 0 Å². The van der Waals surface area contributed by atoms with Crippen LogP contribution in [0.5, 0.6) is 0 Å². The first kappa shape index (κ1) is 17.1. The lowest BCUT2D eigenvalue weighted by atomic mass is 10.1. The minimum absolute atomic E-state index is 0.0355. The molecule has 0 radical (unpaired) electrons. The molecule has 136 valence electrons. The fraction of sp³-hybridized carbons (Fsp3) is 0.238. The lowest BCUT2D eigenvalue weighted by molar-refractivity contribution is -0.133. The molecular weight excluding hydrogens is 340 g/mol. The van der Waals surface area contributed by atoms with E-state index in [1.807, 2.05) is 53.4 Å². The van der Waals surface area contributed by atoms with Gasteiger partial charge in [0.15, 0.2) is 0 Å². The third-order valence-corrected chi connectivity index (χ3v) is 4.82. The maximum Gasteiger partial charge on any atom is 0.267 e. The number of aromatic nitrogens is 3. The van der Waals surface area contributed by atoms with Crippen LogP contribution >= 0.6 is 0 Å². The maximum atomic E-state index is 12.9. The van der Waals surface area contributed by atoms with Crippen LogP contribution in [0.2, 0.25) is 0 Å². The molecule has 1 aliphatic rings. The molecule has 1 unspecified atom stereocenters. The van der Waals surface area contributed by atoms with E-state index in [0.717, 1.165) is 24.1 Å². The van der Waals surface area contributed by atoms with Crippen molar-refractivity contribution < 1.29 is 4.79 Å². The van der Waals surface area contributed by atoms with Crippen molar-refractivity contribution in [2.24, 2.45) is 0 Å². The van der Waals surface area contributed by atoms with Gasteiger partial charge in [0.25, 0.3) is 5.56 Å². The molecule has 1 atom stereocenters. The van der Waals surface area contributed by atoms with Gasteiger partial charge in [-0.2, -0.15) is 5.10 Å². The second kappa shape index (κ2) is 7.53. The Kier molecular flexibility index (Phi) is 4.78. The molecule has 1 saturated heterocycles. The quantitative estimate of drug-likeness (QED) is 0.717. The number of hydrogen-bond donors (Lipinski definition) is 0. The van der Waals surface area contributed by atoms with Gasteiger partial charge in [0.05, 0.1) is 17.4 Å². The topological polar surface area (TPSA) is 68.1 Å². The second-order valence-corrected chi connectivity index (χ2v) is 6.58. The van der Waals surface area contributed by atoms with Crippen LogP contribution in [-0.4, -0.2) is 32.1 Å². The molecule has 0 spiro atoms. The zero-order valence-corrected chi connectivity index (χ0v) is 14.9. The minimum Gasteiger partial charge on any atom is -0.332 e. The zero-order valence-electron chi connectivity index (χ0n) is 14.9. The Labute approximate surface area is 157 Å². The standard InChI is InChI=1S/C21H20N4O2/c26-20-12-11-17(16-7-2-1-3-8-16)23-25(20)15-21(27)24-14-6-10-19(24)18-9-4-5-13-22-18/h1-5,7-9,11-13,19H,6,10,14-15H2. The number of carbonyl (C=O) groups excluding carboxylic acids is 1. The van der Waals surface area contributed by atoms with Crippen LogP contribution in [0, 0.1) is 0 Å². The predicted molar refractivity (Wildman–Crippen MR) is 102 cm³/mol. The number of amides is 1. The summed E-state index contributed by atoms with van der Waals surface area (Å²) in [5.74, 6) is -0.108. The number of nitrogens with zero attached hydrogens (tertiary/aromatic N) is 4. The van der Waals surface area contributed by atoms with Crippen LogP contribution in [0.1, 0.15) is 24.6 Å². The molecule has 0 saturated carbocycles.